The lowest BCUT2D eigenvalue weighted by Crippen LogP contribution is -2.30. The van der Waals surface area contributed by atoms with Crippen LogP contribution in [0.25, 0.3) is 0 Å². The van der Waals surface area contributed by atoms with Crippen molar-refractivity contribution in [2.24, 2.45) is 0 Å². The summed E-state index contributed by atoms with van der Waals surface area (Å²) in [6.45, 7) is 1.76. The maximum absolute atomic E-state index is 13.2. The summed E-state index contributed by atoms with van der Waals surface area (Å²) in [7, 11) is 0. The zero-order chi connectivity index (χ0) is 10.3. The molecule has 1 atom stereocenters. The average Bonchev–Trinajstić information content (AvgIpc) is 2.06. The van der Waals surface area contributed by atoms with E-state index in [1.165, 1.54) is 6.92 Å². The highest BCUT2D eigenvalue weighted by molar-refractivity contribution is 5.40. The minimum absolute atomic E-state index is 0.0392. The molecule has 0 aromatic heterocycles. The van der Waals surface area contributed by atoms with Gasteiger partial charge in [-0.2, -0.15) is 0 Å². The first kappa shape index (κ1) is 9.40. The van der Waals surface area contributed by atoms with Crippen LogP contribution in [-0.4, -0.2) is 11.7 Å². The summed E-state index contributed by atoms with van der Waals surface area (Å²) in [5.41, 5.74) is -1.03. The third-order valence-electron chi connectivity index (χ3n) is 2.42. The Morgan fingerprint density at radius 3 is 2.86 bits per heavy atom. The predicted molar refractivity (Wildman–Crippen MR) is 46.0 cm³/mol. The van der Waals surface area contributed by atoms with Gasteiger partial charge in [0.1, 0.15) is 5.82 Å². The smallest absolute Gasteiger partial charge is 0.168 e. The van der Waals surface area contributed by atoms with Gasteiger partial charge in [0.25, 0.3) is 0 Å². The van der Waals surface area contributed by atoms with E-state index < -0.39 is 17.2 Å². The molecule has 1 N–H and O–H groups in total. The molecule has 1 aromatic carbocycles. The molecule has 4 heteroatoms. The van der Waals surface area contributed by atoms with Gasteiger partial charge < -0.3 is 9.84 Å². The van der Waals surface area contributed by atoms with Gasteiger partial charge in [0, 0.05) is 18.1 Å². The second kappa shape index (κ2) is 2.92. The van der Waals surface area contributed by atoms with Crippen LogP contribution < -0.4 is 4.74 Å². The lowest BCUT2D eigenvalue weighted by Gasteiger charge is -2.31. The van der Waals surface area contributed by atoms with Gasteiger partial charge >= 0.3 is 0 Å². The monoisotopic (exact) mass is 200 g/mol. The molecule has 2 rings (SSSR count). The van der Waals surface area contributed by atoms with Gasteiger partial charge in [0.05, 0.1) is 12.2 Å². The van der Waals surface area contributed by atoms with Crippen LogP contribution in [0.1, 0.15) is 18.9 Å². The Balaban J connectivity index is 2.63. The Bertz CT molecular complexity index is 375. The summed E-state index contributed by atoms with van der Waals surface area (Å²) in [4.78, 5) is 0. The number of fused-ring (bicyclic) bond motifs is 1. The van der Waals surface area contributed by atoms with Gasteiger partial charge in [-0.1, -0.05) is 0 Å². The molecule has 1 unspecified atom stereocenters. The molecule has 0 aliphatic carbocycles. The Morgan fingerprint density at radius 2 is 2.14 bits per heavy atom. The molecule has 0 spiro atoms. The first-order chi connectivity index (χ1) is 6.50. The van der Waals surface area contributed by atoms with Crippen LogP contribution in [0.15, 0.2) is 12.1 Å². The van der Waals surface area contributed by atoms with Crippen molar-refractivity contribution in [3.05, 3.63) is 29.3 Å². The second-order valence-electron chi connectivity index (χ2n) is 3.64. The van der Waals surface area contributed by atoms with Crippen molar-refractivity contribution >= 4 is 0 Å². The number of hydrogen-bond acceptors (Lipinski definition) is 2. The Labute approximate surface area is 80.1 Å². The van der Waals surface area contributed by atoms with Crippen LogP contribution in [0.5, 0.6) is 5.75 Å². The van der Waals surface area contributed by atoms with Gasteiger partial charge in [-0.25, -0.2) is 8.78 Å². The van der Waals surface area contributed by atoms with Crippen LogP contribution >= 0.6 is 0 Å². The van der Waals surface area contributed by atoms with E-state index in [-0.39, 0.29) is 17.9 Å². The Hall–Kier alpha value is -1.16. The van der Waals surface area contributed by atoms with Gasteiger partial charge in [-0.3, -0.25) is 0 Å². The molecule has 0 amide bonds. The number of ether oxygens (including phenoxy) is 1. The molecule has 0 saturated carbocycles. The molecule has 0 fully saturated rings. The third-order valence-corrected chi connectivity index (χ3v) is 2.42. The van der Waals surface area contributed by atoms with Crippen molar-refractivity contribution in [2.45, 2.75) is 18.9 Å². The molecule has 1 aliphatic heterocycles. The first-order valence-corrected chi connectivity index (χ1v) is 4.35. The van der Waals surface area contributed by atoms with E-state index in [0.29, 0.717) is 6.42 Å². The van der Waals surface area contributed by atoms with Gasteiger partial charge in [0.2, 0.25) is 0 Å². The molecule has 0 saturated heterocycles. The summed E-state index contributed by atoms with van der Waals surface area (Å²) < 4.78 is 31.1. The molecule has 1 heterocycles. The molecular weight excluding hydrogens is 190 g/mol. The summed E-state index contributed by atoms with van der Waals surface area (Å²) in [5, 5.41) is 9.86. The standard InChI is InChI=1S/C10H10F2O2/c1-10(13)2-3-14-9-7(10)4-6(11)5-8(9)12/h4-5,13H,2-3H2,1H3. The van der Waals surface area contributed by atoms with Crippen molar-refractivity contribution in [1.82, 2.24) is 0 Å². The topological polar surface area (TPSA) is 29.5 Å². The number of hydrogen-bond donors (Lipinski definition) is 1. The predicted octanol–water partition coefficient (Wildman–Crippen LogP) is 1.95. The van der Waals surface area contributed by atoms with Crippen LogP contribution in [0, 0.1) is 11.6 Å². The van der Waals surface area contributed by atoms with E-state index in [1.54, 1.807) is 0 Å². The fraction of sp³-hybridized carbons (Fsp3) is 0.400. The van der Waals surface area contributed by atoms with Gasteiger partial charge in [0.15, 0.2) is 11.6 Å². The van der Waals surface area contributed by atoms with E-state index in [9.17, 15) is 13.9 Å². The minimum atomic E-state index is -1.21. The molecule has 1 aliphatic rings. The van der Waals surface area contributed by atoms with E-state index in [4.69, 9.17) is 4.74 Å². The van der Waals surface area contributed by atoms with Gasteiger partial charge in [-0.15, -0.1) is 0 Å². The highest BCUT2D eigenvalue weighted by Crippen LogP contribution is 2.38. The van der Waals surface area contributed by atoms with Crippen LogP contribution in [0.4, 0.5) is 8.78 Å². The first-order valence-electron chi connectivity index (χ1n) is 4.35. The lowest BCUT2D eigenvalue weighted by atomic mass is 9.90. The van der Waals surface area contributed by atoms with Crippen molar-refractivity contribution in [3.8, 4) is 5.75 Å². The number of rotatable bonds is 0. The van der Waals surface area contributed by atoms with Crippen molar-refractivity contribution < 1.29 is 18.6 Å². The van der Waals surface area contributed by atoms with Crippen LogP contribution in [0.3, 0.4) is 0 Å². The fourth-order valence-electron chi connectivity index (χ4n) is 1.59. The summed E-state index contributed by atoms with van der Waals surface area (Å²) in [6, 6.07) is 1.86. The number of benzene rings is 1. The molecular formula is C10H10F2O2. The van der Waals surface area contributed by atoms with Crippen molar-refractivity contribution in [1.29, 1.82) is 0 Å². The normalized spacial score (nSPS) is 25.4. The summed E-state index contributed by atoms with van der Waals surface area (Å²) in [5.74, 6) is -1.50. The Morgan fingerprint density at radius 1 is 1.43 bits per heavy atom. The lowest BCUT2D eigenvalue weighted by molar-refractivity contribution is 0.0126. The molecule has 0 bridgehead atoms. The Kier molecular flexibility index (Phi) is 1.96. The summed E-state index contributed by atoms with van der Waals surface area (Å²) >= 11 is 0. The zero-order valence-electron chi connectivity index (χ0n) is 7.68. The average molecular weight is 200 g/mol. The fourth-order valence-corrected chi connectivity index (χ4v) is 1.59. The van der Waals surface area contributed by atoms with Gasteiger partial charge in [-0.05, 0) is 13.0 Å². The third kappa shape index (κ3) is 1.35. The van der Waals surface area contributed by atoms with E-state index in [1.807, 2.05) is 0 Å². The SMILES string of the molecule is CC1(O)CCOc2c(F)cc(F)cc21. The number of aliphatic hydroxyl groups is 1. The van der Waals surface area contributed by atoms with E-state index in [0.717, 1.165) is 12.1 Å². The highest BCUT2D eigenvalue weighted by atomic mass is 19.1. The van der Waals surface area contributed by atoms with Crippen molar-refractivity contribution in [3.63, 3.8) is 0 Å². The van der Waals surface area contributed by atoms with E-state index >= 15 is 0 Å². The summed E-state index contributed by atoms with van der Waals surface area (Å²) in [6.07, 6.45) is 0.336. The number of halogens is 2. The quantitative estimate of drug-likeness (QED) is 0.693. The molecule has 76 valence electrons. The maximum atomic E-state index is 13.2. The van der Waals surface area contributed by atoms with Crippen LogP contribution in [0.2, 0.25) is 0 Å². The maximum Gasteiger partial charge on any atom is 0.168 e. The molecule has 14 heavy (non-hydrogen) atoms. The highest BCUT2D eigenvalue weighted by Gasteiger charge is 2.33. The second-order valence-corrected chi connectivity index (χ2v) is 3.64. The zero-order valence-corrected chi connectivity index (χ0v) is 7.68. The minimum Gasteiger partial charge on any atom is -0.490 e. The van der Waals surface area contributed by atoms with Crippen LogP contribution in [-0.2, 0) is 5.60 Å². The molecule has 1 aromatic rings. The van der Waals surface area contributed by atoms with Crippen molar-refractivity contribution in [2.75, 3.05) is 6.61 Å². The van der Waals surface area contributed by atoms with E-state index in [2.05, 4.69) is 0 Å². The molecule has 2 nitrogen and oxygen atoms in total. The largest absolute Gasteiger partial charge is 0.490 e. The molecule has 0 radical (unpaired) electrons.